The number of nitriles is 1. The van der Waals surface area contributed by atoms with E-state index < -0.39 is 5.97 Å². The maximum absolute atomic E-state index is 11.5. The van der Waals surface area contributed by atoms with Crippen LogP contribution in [0.2, 0.25) is 0 Å². The fourth-order valence-electron chi connectivity index (χ4n) is 1.32. The molecule has 0 atom stereocenters. The first kappa shape index (κ1) is 14.5. The van der Waals surface area contributed by atoms with Crippen LogP contribution in [-0.4, -0.2) is 19.0 Å². The second-order valence-corrected chi connectivity index (χ2v) is 3.69. The molecule has 1 rings (SSSR count). The van der Waals surface area contributed by atoms with Gasteiger partial charge in [0.05, 0.1) is 18.7 Å². The van der Waals surface area contributed by atoms with Gasteiger partial charge in [-0.3, -0.25) is 4.79 Å². The fraction of sp³-hybridized carbons (Fsp3) is 0.214. The van der Waals surface area contributed by atoms with Crippen LogP contribution < -0.4 is 5.32 Å². The smallest absolute Gasteiger partial charge is 0.354 e. The van der Waals surface area contributed by atoms with Crippen LogP contribution in [-0.2, 0) is 14.3 Å². The maximum Gasteiger partial charge on any atom is 0.354 e. The Morgan fingerprint density at radius 3 is 2.47 bits per heavy atom. The zero-order valence-corrected chi connectivity index (χ0v) is 10.8. The Morgan fingerprint density at radius 2 is 2.00 bits per heavy atom. The predicted octanol–water partition coefficient (Wildman–Crippen LogP) is 1.60. The lowest BCUT2D eigenvalue weighted by Crippen LogP contribution is -2.27. The Labute approximate surface area is 111 Å². The van der Waals surface area contributed by atoms with Gasteiger partial charge in [0, 0.05) is 6.42 Å². The van der Waals surface area contributed by atoms with Gasteiger partial charge in [-0.25, -0.2) is 4.79 Å². The summed E-state index contributed by atoms with van der Waals surface area (Å²) in [5.41, 5.74) is 1.28. The van der Waals surface area contributed by atoms with Crippen LogP contribution >= 0.6 is 0 Å². The summed E-state index contributed by atoms with van der Waals surface area (Å²) in [6.45, 7) is 1.69. The number of hydrogen-bond donors (Lipinski definition) is 1. The highest BCUT2D eigenvalue weighted by Gasteiger charge is 2.12. The number of carbonyl (C=O) groups is 2. The molecule has 0 radical (unpaired) electrons. The summed E-state index contributed by atoms with van der Waals surface area (Å²) < 4.78 is 4.60. The molecule has 0 spiro atoms. The van der Waals surface area contributed by atoms with Gasteiger partial charge in [-0.05, 0) is 23.8 Å². The number of amides is 1. The first-order valence-electron chi connectivity index (χ1n) is 5.70. The van der Waals surface area contributed by atoms with E-state index in [2.05, 4.69) is 10.1 Å². The first-order chi connectivity index (χ1) is 9.10. The van der Waals surface area contributed by atoms with Crippen molar-refractivity contribution in [2.24, 2.45) is 0 Å². The van der Waals surface area contributed by atoms with Crippen LogP contribution in [0.25, 0.3) is 6.08 Å². The van der Waals surface area contributed by atoms with Gasteiger partial charge < -0.3 is 10.1 Å². The SMILES string of the molecule is CCC(=O)N/C(=C/c1ccc(C#N)cc1)C(=O)OC. The van der Waals surface area contributed by atoms with Gasteiger partial charge in [0.1, 0.15) is 5.70 Å². The van der Waals surface area contributed by atoms with Gasteiger partial charge in [-0.2, -0.15) is 5.26 Å². The minimum absolute atomic E-state index is 0.0686. The number of benzene rings is 1. The third kappa shape index (κ3) is 4.28. The molecule has 19 heavy (non-hydrogen) atoms. The molecule has 0 aliphatic rings. The second kappa shape index (κ2) is 6.97. The third-order valence-electron chi connectivity index (χ3n) is 2.35. The summed E-state index contributed by atoms with van der Waals surface area (Å²) in [5.74, 6) is -0.892. The summed E-state index contributed by atoms with van der Waals surface area (Å²) >= 11 is 0. The van der Waals surface area contributed by atoms with E-state index in [-0.39, 0.29) is 18.0 Å². The number of ether oxygens (including phenoxy) is 1. The standard InChI is InChI=1S/C14H14N2O3/c1-3-13(17)16-12(14(18)19-2)8-10-4-6-11(9-15)7-5-10/h4-8H,3H2,1-2H3,(H,16,17)/b12-8+. The van der Waals surface area contributed by atoms with E-state index >= 15 is 0 Å². The average Bonchev–Trinajstić information content (AvgIpc) is 2.46. The molecule has 1 N–H and O–H groups in total. The molecule has 0 unspecified atom stereocenters. The van der Waals surface area contributed by atoms with Crippen molar-refractivity contribution in [2.45, 2.75) is 13.3 Å². The number of rotatable bonds is 4. The summed E-state index contributed by atoms with van der Waals surface area (Å²) in [5, 5.41) is 11.2. The van der Waals surface area contributed by atoms with Crippen molar-refractivity contribution in [3.63, 3.8) is 0 Å². The monoisotopic (exact) mass is 258 g/mol. The first-order valence-corrected chi connectivity index (χ1v) is 5.70. The molecule has 0 aromatic heterocycles. The number of esters is 1. The van der Waals surface area contributed by atoms with E-state index in [9.17, 15) is 9.59 Å². The van der Waals surface area contributed by atoms with Crippen molar-refractivity contribution in [3.8, 4) is 6.07 Å². The highest BCUT2D eigenvalue weighted by molar-refractivity contribution is 5.97. The molecule has 0 heterocycles. The van der Waals surface area contributed by atoms with E-state index in [0.29, 0.717) is 11.1 Å². The molecule has 0 fully saturated rings. The van der Waals surface area contributed by atoms with Crippen LogP contribution in [0.1, 0.15) is 24.5 Å². The third-order valence-corrected chi connectivity index (χ3v) is 2.35. The second-order valence-electron chi connectivity index (χ2n) is 3.69. The van der Waals surface area contributed by atoms with Gasteiger partial charge in [-0.15, -0.1) is 0 Å². The van der Waals surface area contributed by atoms with Crippen molar-refractivity contribution in [1.82, 2.24) is 5.32 Å². The molecule has 0 saturated heterocycles. The van der Waals surface area contributed by atoms with E-state index in [4.69, 9.17) is 5.26 Å². The zero-order valence-electron chi connectivity index (χ0n) is 10.8. The van der Waals surface area contributed by atoms with E-state index in [1.54, 1.807) is 31.2 Å². The van der Waals surface area contributed by atoms with E-state index in [0.717, 1.165) is 0 Å². The summed E-state index contributed by atoms with van der Waals surface area (Å²) in [4.78, 5) is 22.9. The molecule has 5 nitrogen and oxygen atoms in total. The molecule has 0 aliphatic carbocycles. The molecule has 1 amide bonds. The Hall–Kier alpha value is -2.61. The van der Waals surface area contributed by atoms with Gasteiger partial charge in [0.2, 0.25) is 5.91 Å². The molecule has 1 aromatic rings. The molecular formula is C14H14N2O3. The predicted molar refractivity (Wildman–Crippen MR) is 69.6 cm³/mol. The van der Waals surface area contributed by atoms with Crippen LogP contribution in [0.15, 0.2) is 30.0 Å². The molecule has 0 aliphatic heterocycles. The molecule has 98 valence electrons. The Kier molecular flexibility index (Phi) is 5.30. The van der Waals surface area contributed by atoms with Crippen molar-refractivity contribution in [2.75, 3.05) is 7.11 Å². The number of carbonyl (C=O) groups excluding carboxylic acids is 2. The van der Waals surface area contributed by atoms with Crippen LogP contribution in [0, 0.1) is 11.3 Å². The van der Waals surface area contributed by atoms with Crippen LogP contribution in [0.3, 0.4) is 0 Å². The molecule has 1 aromatic carbocycles. The van der Waals surface area contributed by atoms with Crippen molar-refractivity contribution >= 4 is 18.0 Å². The number of methoxy groups -OCH3 is 1. The fourth-order valence-corrected chi connectivity index (χ4v) is 1.32. The lowest BCUT2D eigenvalue weighted by Gasteiger charge is -2.07. The van der Waals surface area contributed by atoms with E-state index in [1.807, 2.05) is 6.07 Å². The minimum Gasteiger partial charge on any atom is -0.464 e. The van der Waals surface area contributed by atoms with Crippen molar-refractivity contribution in [1.29, 1.82) is 5.26 Å². The molecule has 5 heteroatoms. The highest BCUT2D eigenvalue weighted by atomic mass is 16.5. The maximum atomic E-state index is 11.5. The molecule has 0 saturated carbocycles. The van der Waals surface area contributed by atoms with Gasteiger partial charge >= 0.3 is 5.97 Å². The van der Waals surface area contributed by atoms with Gasteiger partial charge in [0.15, 0.2) is 0 Å². The Bertz CT molecular complexity index is 539. The Morgan fingerprint density at radius 1 is 1.37 bits per heavy atom. The number of hydrogen-bond acceptors (Lipinski definition) is 4. The van der Waals surface area contributed by atoms with Crippen LogP contribution in [0.5, 0.6) is 0 Å². The molecular weight excluding hydrogens is 244 g/mol. The average molecular weight is 258 g/mol. The van der Waals surface area contributed by atoms with Gasteiger partial charge in [0.25, 0.3) is 0 Å². The van der Waals surface area contributed by atoms with Crippen molar-refractivity contribution in [3.05, 3.63) is 41.1 Å². The van der Waals surface area contributed by atoms with Crippen molar-refractivity contribution < 1.29 is 14.3 Å². The van der Waals surface area contributed by atoms with Gasteiger partial charge in [-0.1, -0.05) is 19.1 Å². The topological polar surface area (TPSA) is 79.2 Å². The normalized spacial score (nSPS) is 10.5. The summed E-state index contributed by atoms with van der Waals surface area (Å²) in [6, 6.07) is 8.62. The highest BCUT2D eigenvalue weighted by Crippen LogP contribution is 2.08. The zero-order chi connectivity index (χ0) is 14.3. The largest absolute Gasteiger partial charge is 0.464 e. The Balaban J connectivity index is 3.01. The lowest BCUT2D eigenvalue weighted by molar-refractivity contribution is -0.137. The van der Waals surface area contributed by atoms with E-state index in [1.165, 1.54) is 13.2 Å². The minimum atomic E-state index is -0.619. The summed E-state index contributed by atoms with van der Waals surface area (Å²) in [6.07, 6.45) is 1.77. The molecule has 0 bridgehead atoms. The summed E-state index contributed by atoms with van der Waals surface area (Å²) in [7, 11) is 1.24. The quantitative estimate of drug-likeness (QED) is 0.657. The lowest BCUT2D eigenvalue weighted by atomic mass is 10.1. The number of nitrogens with one attached hydrogen (secondary N) is 1. The van der Waals surface area contributed by atoms with Crippen LogP contribution in [0.4, 0.5) is 0 Å². The number of nitrogens with zero attached hydrogens (tertiary/aromatic N) is 1.